The highest BCUT2D eigenvalue weighted by Gasteiger charge is 2.37. The maximum absolute atomic E-state index is 11.2. The molecule has 0 aromatic carbocycles. The van der Waals surface area contributed by atoms with Gasteiger partial charge in [-0.2, -0.15) is 0 Å². The Kier molecular flexibility index (Phi) is 2.87. The fourth-order valence-electron chi connectivity index (χ4n) is 1.46. The molecular formula is C8H14N2O3. The number of hydrogen-bond acceptors (Lipinski definition) is 3. The minimum atomic E-state index is -0.558. The van der Waals surface area contributed by atoms with Gasteiger partial charge in [0.25, 0.3) is 5.91 Å². The summed E-state index contributed by atoms with van der Waals surface area (Å²) in [4.78, 5) is 22.0. The van der Waals surface area contributed by atoms with Gasteiger partial charge in [-0.05, 0) is 5.92 Å². The van der Waals surface area contributed by atoms with E-state index in [4.69, 9.17) is 4.74 Å². The van der Waals surface area contributed by atoms with Crippen LogP contribution in [-0.2, 0) is 9.53 Å². The van der Waals surface area contributed by atoms with Gasteiger partial charge in [-0.3, -0.25) is 10.1 Å². The van der Waals surface area contributed by atoms with Gasteiger partial charge < -0.3 is 10.1 Å². The van der Waals surface area contributed by atoms with E-state index < -0.39 is 12.1 Å². The Morgan fingerprint density at radius 2 is 2.00 bits per heavy atom. The number of imide groups is 1. The van der Waals surface area contributed by atoms with Crippen molar-refractivity contribution in [2.45, 2.75) is 26.0 Å². The van der Waals surface area contributed by atoms with Crippen LogP contribution in [0.2, 0.25) is 0 Å². The van der Waals surface area contributed by atoms with Crippen molar-refractivity contribution in [3.05, 3.63) is 0 Å². The summed E-state index contributed by atoms with van der Waals surface area (Å²) in [5.74, 6) is -0.135. The molecule has 1 heterocycles. The molecule has 0 saturated carbocycles. The first-order valence-corrected chi connectivity index (χ1v) is 4.20. The van der Waals surface area contributed by atoms with Crippen molar-refractivity contribution >= 4 is 11.9 Å². The maximum atomic E-state index is 11.2. The number of carbonyl (C=O) groups is 2. The van der Waals surface area contributed by atoms with Gasteiger partial charge in [0.15, 0.2) is 0 Å². The van der Waals surface area contributed by atoms with Crippen LogP contribution < -0.4 is 10.6 Å². The molecule has 0 bridgehead atoms. The third-order valence-electron chi connectivity index (χ3n) is 2.06. The Bertz CT molecular complexity index is 227. The fourth-order valence-corrected chi connectivity index (χ4v) is 1.46. The molecule has 1 fully saturated rings. The summed E-state index contributed by atoms with van der Waals surface area (Å²) in [7, 11) is 1.53. The van der Waals surface area contributed by atoms with E-state index in [-0.39, 0.29) is 17.9 Å². The number of hydrogen-bond donors (Lipinski definition) is 2. The quantitative estimate of drug-likeness (QED) is 0.603. The minimum Gasteiger partial charge on any atom is -0.378 e. The van der Waals surface area contributed by atoms with Gasteiger partial charge in [0, 0.05) is 7.11 Å². The number of ether oxygens (including phenoxy) is 1. The summed E-state index contributed by atoms with van der Waals surface area (Å²) < 4.78 is 5.14. The van der Waals surface area contributed by atoms with E-state index in [9.17, 15) is 9.59 Å². The van der Waals surface area contributed by atoms with E-state index in [1.165, 1.54) is 7.11 Å². The van der Waals surface area contributed by atoms with Crippen molar-refractivity contribution < 1.29 is 14.3 Å². The average Bonchev–Trinajstić information content (AvgIpc) is 2.31. The molecular weight excluding hydrogens is 172 g/mol. The Balaban J connectivity index is 2.69. The molecule has 0 spiro atoms. The predicted molar refractivity (Wildman–Crippen MR) is 46.1 cm³/mol. The first-order chi connectivity index (χ1) is 6.06. The van der Waals surface area contributed by atoms with Gasteiger partial charge in [-0.25, -0.2) is 4.79 Å². The van der Waals surface area contributed by atoms with E-state index in [0.29, 0.717) is 0 Å². The third kappa shape index (κ3) is 1.98. The van der Waals surface area contributed by atoms with Crippen molar-refractivity contribution in [3.8, 4) is 0 Å². The van der Waals surface area contributed by atoms with Crippen LogP contribution in [0.3, 0.4) is 0 Å². The van der Waals surface area contributed by atoms with E-state index in [1.54, 1.807) is 0 Å². The molecule has 1 aliphatic rings. The molecule has 0 radical (unpaired) electrons. The lowest BCUT2D eigenvalue weighted by Crippen LogP contribution is -2.44. The molecule has 5 heteroatoms. The number of amides is 3. The lowest BCUT2D eigenvalue weighted by molar-refractivity contribution is -0.123. The molecule has 2 atom stereocenters. The summed E-state index contributed by atoms with van der Waals surface area (Å²) in [6.45, 7) is 3.87. The third-order valence-corrected chi connectivity index (χ3v) is 2.06. The van der Waals surface area contributed by atoms with E-state index in [0.717, 1.165) is 0 Å². The molecule has 5 nitrogen and oxygen atoms in total. The largest absolute Gasteiger partial charge is 0.378 e. The molecule has 1 aliphatic heterocycles. The van der Waals surface area contributed by atoms with Gasteiger partial charge in [-0.15, -0.1) is 0 Å². The summed E-state index contributed by atoms with van der Waals surface area (Å²) in [5, 5.41) is 4.68. The maximum Gasteiger partial charge on any atom is 0.322 e. The van der Waals surface area contributed by atoms with Crippen LogP contribution in [0.1, 0.15) is 13.8 Å². The van der Waals surface area contributed by atoms with Crippen LogP contribution >= 0.6 is 0 Å². The summed E-state index contributed by atoms with van der Waals surface area (Å²) >= 11 is 0. The average molecular weight is 186 g/mol. The van der Waals surface area contributed by atoms with Crippen molar-refractivity contribution in [1.82, 2.24) is 10.6 Å². The van der Waals surface area contributed by atoms with Gasteiger partial charge in [0.1, 0.15) is 6.04 Å². The highest BCUT2D eigenvalue weighted by Crippen LogP contribution is 2.12. The number of nitrogens with one attached hydrogen (secondary N) is 2. The van der Waals surface area contributed by atoms with Crippen LogP contribution in [0.5, 0.6) is 0 Å². The molecule has 13 heavy (non-hydrogen) atoms. The number of methoxy groups -OCH3 is 1. The SMILES string of the molecule is COC(C(C)C)C1NC(=O)NC1=O. The molecule has 1 saturated heterocycles. The monoisotopic (exact) mass is 186 g/mol. The Morgan fingerprint density at radius 1 is 1.38 bits per heavy atom. The van der Waals surface area contributed by atoms with E-state index >= 15 is 0 Å². The van der Waals surface area contributed by atoms with E-state index in [1.807, 2.05) is 13.8 Å². The first kappa shape index (κ1) is 9.98. The Labute approximate surface area is 76.8 Å². The number of urea groups is 1. The second-order valence-corrected chi connectivity index (χ2v) is 3.38. The van der Waals surface area contributed by atoms with Gasteiger partial charge in [-0.1, -0.05) is 13.8 Å². The lowest BCUT2D eigenvalue weighted by Gasteiger charge is -2.23. The number of carbonyl (C=O) groups excluding carboxylic acids is 2. The molecule has 0 aliphatic carbocycles. The minimum absolute atomic E-state index is 0.180. The second-order valence-electron chi connectivity index (χ2n) is 3.38. The van der Waals surface area contributed by atoms with Crippen molar-refractivity contribution in [3.63, 3.8) is 0 Å². The van der Waals surface area contributed by atoms with Gasteiger partial charge in [0.2, 0.25) is 0 Å². The van der Waals surface area contributed by atoms with Crippen LogP contribution in [-0.4, -0.2) is 31.2 Å². The highest BCUT2D eigenvalue weighted by atomic mass is 16.5. The summed E-state index contributed by atoms with van der Waals surface area (Å²) in [5.41, 5.74) is 0. The van der Waals surface area contributed by atoms with Crippen molar-refractivity contribution in [2.75, 3.05) is 7.11 Å². The van der Waals surface area contributed by atoms with Crippen LogP contribution in [0.15, 0.2) is 0 Å². The van der Waals surface area contributed by atoms with E-state index in [2.05, 4.69) is 10.6 Å². The molecule has 1 rings (SSSR count). The molecule has 74 valence electrons. The number of rotatable bonds is 3. The molecule has 2 unspecified atom stereocenters. The zero-order valence-electron chi connectivity index (χ0n) is 7.96. The van der Waals surface area contributed by atoms with Gasteiger partial charge >= 0.3 is 6.03 Å². The standard InChI is InChI=1S/C8H14N2O3/c1-4(2)6(13-3)5-7(11)10-8(12)9-5/h4-6H,1-3H3,(H2,9,10,11,12). The lowest BCUT2D eigenvalue weighted by atomic mass is 10.00. The topological polar surface area (TPSA) is 67.4 Å². The van der Waals surface area contributed by atoms with Crippen LogP contribution in [0.4, 0.5) is 4.79 Å². The van der Waals surface area contributed by atoms with Crippen molar-refractivity contribution in [2.24, 2.45) is 5.92 Å². The smallest absolute Gasteiger partial charge is 0.322 e. The van der Waals surface area contributed by atoms with Gasteiger partial charge in [0.05, 0.1) is 6.10 Å². The first-order valence-electron chi connectivity index (χ1n) is 4.20. The molecule has 0 aromatic rings. The Hall–Kier alpha value is -1.10. The normalized spacial score (nSPS) is 24.5. The molecule has 2 N–H and O–H groups in total. The fraction of sp³-hybridized carbons (Fsp3) is 0.750. The highest BCUT2D eigenvalue weighted by molar-refractivity contribution is 6.04. The molecule has 0 aromatic heterocycles. The second kappa shape index (κ2) is 3.74. The van der Waals surface area contributed by atoms with Crippen LogP contribution in [0.25, 0.3) is 0 Å². The Morgan fingerprint density at radius 3 is 2.31 bits per heavy atom. The summed E-state index contributed by atoms with van der Waals surface area (Å²) in [6, 6.07) is -1.00. The zero-order chi connectivity index (χ0) is 10.0. The molecule has 3 amide bonds. The predicted octanol–water partition coefficient (Wildman–Crippen LogP) is -0.135. The van der Waals surface area contributed by atoms with Crippen LogP contribution in [0, 0.1) is 5.92 Å². The zero-order valence-corrected chi connectivity index (χ0v) is 7.96. The van der Waals surface area contributed by atoms with Crippen molar-refractivity contribution in [1.29, 1.82) is 0 Å². The summed E-state index contributed by atoms with van der Waals surface area (Å²) in [6.07, 6.45) is -0.272.